The number of rotatable bonds is 6. The molecule has 5 heteroatoms. The zero-order valence-electron chi connectivity index (χ0n) is 14.8. The van der Waals surface area contributed by atoms with Crippen molar-refractivity contribution in [2.75, 3.05) is 31.5 Å². The van der Waals surface area contributed by atoms with Gasteiger partial charge in [-0.3, -0.25) is 9.69 Å². The lowest BCUT2D eigenvalue weighted by molar-refractivity contribution is -0.135. The molecule has 132 valence electrons. The summed E-state index contributed by atoms with van der Waals surface area (Å²) in [5.41, 5.74) is 0.889. The van der Waals surface area contributed by atoms with E-state index < -0.39 is 0 Å². The quantitative estimate of drug-likeness (QED) is 0.788. The highest BCUT2D eigenvalue weighted by atomic mass is 16.2. The summed E-state index contributed by atoms with van der Waals surface area (Å²) in [5.74, 6) is 1.14. The molecule has 24 heavy (non-hydrogen) atoms. The maximum atomic E-state index is 13.0. The molecule has 1 amide bonds. The summed E-state index contributed by atoms with van der Waals surface area (Å²) in [4.78, 5) is 19.8. The summed E-state index contributed by atoms with van der Waals surface area (Å²) in [6, 6.07) is 3.98. The van der Waals surface area contributed by atoms with Crippen LogP contribution in [0.25, 0.3) is 0 Å². The summed E-state index contributed by atoms with van der Waals surface area (Å²) in [6.45, 7) is 5.56. The molecule has 0 bridgehead atoms. The van der Waals surface area contributed by atoms with Crippen LogP contribution in [-0.2, 0) is 4.79 Å². The number of nitrogens with zero attached hydrogens (tertiary/aromatic N) is 2. The SMILES string of the molecule is Cc1cccnc1NCCNC(=O)C1(N2CCCC2)CCCCC1. The minimum Gasteiger partial charge on any atom is -0.368 e. The molecule has 1 aromatic rings. The first kappa shape index (κ1) is 17.2. The van der Waals surface area contributed by atoms with E-state index in [1.54, 1.807) is 6.20 Å². The predicted octanol–water partition coefficient (Wildman–Crippen LogP) is 2.72. The smallest absolute Gasteiger partial charge is 0.240 e. The third-order valence-electron chi connectivity index (χ3n) is 5.53. The molecule has 1 aliphatic carbocycles. The minimum atomic E-state index is -0.240. The summed E-state index contributed by atoms with van der Waals surface area (Å²) in [5, 5.41) is 6.50. The average molecular weight is 330 g/mol. The molecular formula is C19H30N4O. The molecule has 0 radical (unpaired) electrons. The Morgan fingerprint density at radius 2 is 1.92 bits per heavy atom. The normalized spacial score (nSPS) is 20.7. The zero-order chi connectivity index (χ0) is 16.8. The predicted molar refractivity (Wildman–Crippen MR) is 97.1 cm³/mol. The fourth-order valence-corrected chi connectivity index (χ4v) is 4.16. The van der Waals surface area contributed by atoms with Crippen molar-refractivity contribution in [2.45, 2.75) is 57.4 Å². The number of aromatic nitrogens is 1. The molecule has 1 saturated carbocycles. The third kappa shape index (κ3) is 3.72. The van der Waals surface area contributed by atoms with E-state index in [1.165, 1.54) is 32.1 Å². The largest absolute Gasteiger partial charge is 0.368 e. The molecule has 1 aromatic heterocycles. The molecule has 0 spiro atoms. The maximum absolute atomic E-state index is 13.0. The Bertz CT molecular complexity index is 548. The van der Waals surface area contributed by atoms with Crippen LogP contribution in [0.4, 0.5) is 5.82 Å². The lowest BCUT2D eigenvalue weighted by Crippen LogP contribution is -2.59. The molecule has 1 aliphatic heterocycles. The highest BCUT2D eigenvalue weighted by Gasteiger charge is 2.45. The average Bonchev–Trinajstić information content (AvgIpc) is 3.15. The van der Waals surface area contributed by atoms with Crippen LogP contribution in [0.2, 0.25) is 0 Å². The van der Waals surface area contributed by atoms with Crippen molar-refractivity contribution in [2.24, 2.45) is 0 Å². The number of carbonyl (C=O) groups is 1. The molecule has 2 aliphatic rings. The Hall–Kier alpha value is -1.62. The standard InChI is InChI=1S/C19H30N4O/c1-16-8-7-11-20-17(16)21-12-13-22-18(24)19(9-3-2-4-10-19)23-14-5-6-15-23/h7-8,11H,2-6,9-10,12-15H2,1H3,(H,20,21)(H,22,24). The van der Waals surface area contributed by atoms with Gasteiger partial charge in [-0.05, 0) is 57.3 Å². The van der Waals surface area contributed by atoms with E-state index in [0.29, 0.717) is 13.1 Å². The zero-order valence-corrected chi connectivity index (χ0v) is 14.8. The van der Waals surface area contributed by atoms with E-state index >= 15 is 0 Å². The Labute approximate surface area is 145 Å². The number of pyridine rings is 1. The fourth-order valence-electron chi connectivity index (χ4n) is 4.16. The number of likely N-dealkylation sites (tertiary alicyclic amines) is 1. The van der Waals surface area contributed by atoms with Crippen LogP contribution >= 0.6 is 0 Å². The van der Waals surface area contributed by atoms with Crippen molar-refractivity contribution in [3.8, 4) is 0 Å². The van der Waals surface area contributed by atoms with Crippen molar-refractivity contribution in [3.63, 3.8) is 0 Å². The van der Waals surface area contributed by atoms with Gasteiger partial charge in [0.15, 0.2) is 0 Å². The molecule has 3 rings (SSSR count). The third-order valence-corrected chi connectivity index (χ3v) is 5.53. The second-order valence-electron chi connectivity index (χ2n) is 7.14. The second-order valence-corrected chi connectivity index (χ2v) is 7.14. The Morgan fingerprint density at radius 1 is 1.17 bits per heavy atom. The van der Waals surface area contributed by atoms with Crippen LogP contribution in [0.1, 0.15) is 50.5 Å². The number of hydrogen-bond donors (Lipinski definition) is 2. The van der Waals surface area contributed by atoms with Crippen LogP contribution in [0, 0.1) is 6.92 Å². The summed E-state index contributed by atoms with van der Waals surface area (Å²) in [6.07, 6.45) is 9.91. The van der Waals surface area contributed by atoms with Crippen molar-refractivity contribution in [1.82, 2.24) is 15.2 Å². The van der Waals surface area contributed by atoms with Crippen LogP contribution in [-0.4, -0.2) is 47.5 Å². The van der Waals surface area contributed by atoms with E-state index in [9.17, 15) is 4.79 Å². The first-order valence-corrected chi connectivity index (χ1v) is 9.41. The molecule has 0 atom stereocenters. The lowest BCUT2D eigenvalue weighted by atomic mass is 9.79. The van der Waals surface area contributed by atoms with Gasteiger partial charge in [0.1, 0.15) is 11.4 Å². The molecule has 2 N–H and O–H groups in total. The van der Waals surface area contributed by atoms with Gasteiger partial charge in [0, 0.05) is 19.3 Å². The van der Waals surface area contributed by atoms with E-state index in [1.807, 2.05) is 19.1 Å². The number of anilines is 1. The van der Waals surface area contributed by atoms with Gasteiger partial charge in [-0.1, -0.05) is 25.3 Å². The molecule has 1 saturated heterocycles. The summed E-state index contributed by atoms with van der Waals surface area (Å²) in [7, 11) is 0. The van der Waals surface area contributed by atoms with E-state index in [0.717, 1.165) is 37.3 Å². The molecular weight excluding hydrogens is 300 g/mol. The van der Waals surface area contributed by atoms with Crippen LogP contribution < -0.4 is 10.6 Å². The second kappa shape index (κ2) is 7.97. The number of carbonyl (C=O) groups excluding carboxylic acids is 1. The van der Waals surface area contributed by atoms with E-state index in [4.69, 9.17) is 0 Å². The first-order valence-electron chi connectivity index (χ1n) is 9.41. The van der Waals surface area contributed by atoms with Crippen LogP contribution in [0.15, 0.2) is 18.3 Å². The summed E-state index contributed by atoms with van der Waals surface area (Å²) >= 11 is 0. The van der Waals surface area contributed by atoms with Gasteiger partial charge in [0.25, 0.3) is 0 Å². The van der Waals surface area contributed by atoms with E-state index in [-0.39, 0.29) is 11.4 Å². The highest BCUT2D eigenvalue weighted by molar-refractivity contribution is 5.86. The van der Waals surface area contributed by atoms with Crippen LogP contribution in [0.5, 0.6) is 0 Å². The molecule has 0 aromatic carbocycles. The van der Waals surface area contributed by atoms with Crippen LogP contribution in [0.3, 0.4) is 0 Å². The van der Waals surface area contributed by atoms with Gasteiger partial charge >= 0.3 is 0 Å². The topological polar surface area (TPSA) is 57.3 Å². The first-order chi connectivity index (χ1) is 11.7. The molecule has 2 fully saturated rings. The number of nitrogens with one attached hydrogen (secondary N) is 2. The van der Waals surface area contributed by atoms with Gasteiger partial charge < -0.3 is 10.6 Å². The number of amides is 1. The Morgan fingerprint density at radius 3 is 2.62 bits per heavy atom. The Kier molecular flexibility index (Phi) is 5.72. The maximum Gasteiger partial charge on any atom is 0.240 e. The monoisotopic (exact) mass is 330 g/mol. The van der Waals surface area contributed by atoms with Gasteiger partial charge in [0.05, 0.1) is 0 Å². The van der Waals surface area contributed by atoms with Crippen molar-refractivity contribution in [1.29, 1.82) is 0 Å². The molecule has 5 nitrogen and oxygen atoms in total. The van der Waals surface area contributed by atoms with E-state index in [2.05, 4.69) is 20.5 Å². The molecule has 2 heterocycles. The van der Waals surface area contributed by atoms with Gasteiger partial charge in [-0.15, -0.1) is 0 Å². The number of hydrogen-bond acceptors (Lipinski definition) is 4. The van der Waals surface area contributed by atoms with Gasteiger partial charge in [-0.2, -0.15) is 0 Å². The highest BCUT2D eigenvalue weighted by Crippen LogP contribution is 2.36. The van der Waals surface area contributed by atoms with Gasteiger partial charge in [-0.25, -0.2) is 4.98 Å². The van der Waals surface area contributed by atoms with Gasteiger partial charge in [0.2, 0.25) is 5.91 Å². The minimum absolute atomic E-state index is 0.239. The lowest BCUT2D eigenvalue weighted by Gasteiger charge is -2.43. The fraction of sp³-hybridized carbons (Fsp3) is 0.684. The van der Waals surface area contributed by atoms with Crippen molar-refractivity contribution in [3.05, 3.63) is 23.9 Å². The van der Waals surface area contributed by atoms with Crippen molar-refractivity contribution >= 4 is 11.7 Å². The Balaban J connectivity index is 1.53. The van der Waals surface area contributed by atoms with Crippen molar-refractivity contribution < 1.29 is 4.79 Å². The molecule has 0 unspecified atom stereocenters. The summed E-state index contributed by atoms with van der Waals surface area (Å²) < 4.78 is 0. The number of aryl methyl sites for hydroxylation is 1.